The first kappa shape index (κ1) is 17.7. The Morgan fingerprint density at radius 2 is 1.81 bits per heavy atom. The van der Waals surface area contributed by atoms with E-state index in [9.17, 15) is 13.2 Å². The van der Waals surface area contributed by atoms with Gasteiger partial charge in [-0.15, -0.1) is 0 Å². The van der Waals surface area contributed by atoms with Gasteiger partial charge in [0, 0.05) is 12.1 Å². The van der Waals surface area contributed by atoms with Crippen molar-refractivity contribution in [3.05, 3.63) is 29.3 Å². The van der Waals surface area contributed by atoms with E-state index in [4.69, 9.17) is 5.11 Å². The summed E-state index contributed by atoms with van der Waals surface area (Å²) in [7, 11) is -3.73. The van der Waals surface area contributed by atoms with Crippen molar-refractivity contribution in [3.8, 4) is 0 Å². The summed E-state index contributed by atoms with van der Waals surface area (Å²) >= 11 is 0. The summed E-state index contributed by atoms with van der Waals surface area (Å²) in [5, 5.41) is 8.83. The van der Waals surface area contributed by atoms with E-state index >= 15 is 0 Å². The summed E-state index contributed by atoms with van der Waals surface area (Å²) < 4.78 is 27.0. The molecule has 0 saturated heterocycles. The fraction of sp³-hybridized carbons (Fsp3) is 0.533. The fourth-order valence-corrected chi connectivity index (χ4v) is 4.22. The lowest BCUT2D eigenvalue weighted by Gasteiger charge is -2.34. The molecule has 1 N–H and O–H groups in total. The molecule has 1 aromatic rings. The van der Waals surface area contributed by atoms with E-state index in [2.05, 4.69) is 0 Å². The van der Waals surface area contributed by atoms with Crippen LogP contribution in [0.5, 0.6) is 0 Å². The fourth-order valence-electron chi connectivity index (χ4n) is 2.22. The first-order chi connectivity index (χ1) is 9.46. The quantitative estimate of drug-likeness (QED) is 0.906. The summed E-state index contributed by atoms with van der Waals surface area (Å²) in [6.07, 6.45) is -0.221. The van der Waals surface area contributed by atoms with Gasteiger partial charge in [-0.3, -0.25) is 4.79 Å². The van der Waals surface area contributed by atoms with Crippen molar-refractivity contribution >= 4 is 16.0 Å². The molecule has 0 bridgehead atoms. The van der Waals surface area contributed by atoms with Crippen molar-refractivity contribution in [1.29, 1.82) is 0 Å². The highest BCUT2D eigenvalue weighted by atomic mass is 32.2. The molecule has 118 valence electrons. The van der Waals surface area contributed by atoms with Crippen LogP contribution in [-0.4, -0.2) is 35.9 Å². The van der Waals surface area contributed by atoms with E-state index in [0.29, 0.717) is 5.56 Å². The van der Waals surface area contributed by atoms with E-state index in [1.165, 1.54) is 4.31 Å². The first-order valence-electron chi connectivity index (χ1n) is 6.78. The topological polar surface area (TPSA) is 74.7 Å². The summed E-state index contributed by atoms with van der Waals surface area (Å²) in [6, 6.07) is 5.14. The average molecular weight is 313 g/mol. The third-order valence-corrected chi connectivity index (χ3v) is 5.50. The molecule has 0 fully saturated rings. The summed E-state index contributed by atoms with van der Waals surface area (Å²) in [6.45, 7) is 8.88. The molecule has 0 radical (unpaired) electrons. The number of sulfonamides is 1. The minimum atomic E-state index is -3.73. The Hall–Kier alpha value is -1.40. The van der Waals surface area contributed by atoms with Gasteiger partial charge >= 0.3 is 5.97 Å². The van der Waals surface area contributed by atoms with Gasteiger partial charge in [0.2, 0.25) is 10.0 Å². The maximum Gasteiger partial charge on any atom is 0.304 e. The van der Waals surface area contributed by atoms with Crippen molar-refractivity contribution in [2.24, 2.45) is 0 Å². The van der Waals surface area contributed by atoms with E-state index in [1.54, 1.807) is 39.8 Å². The lowest BCUT2D eigenvalue weighted by molar-refractivity contribution is -0.137. The van der Waals surface area contributed by atoms with Crippen LogP contribution in [0.2, 0.25) is 0 Å². The monoisotopic (exact) mass is 313 g/mol. The average Bonchev–Trinajstić information content (AvgIpc) is 2.25. The Morgan fingerprint density at radius 1 is 1.24 bits per heavy atom. The molecule has 5 nitrogen and oxygen atoms in total. The Balaban J connectivity index is 3.30. The Kier molecular flexibility index (Phi) is 5.17. The smallest absolute Gasteiger partial charge is 0.304 e. The highest BCUT2D eigenvalue weighted by Crippen LogP contribution is 2.27. The van der Waals surface area contributed by atoms with Crippen molar-refractivity contribution < 1.29 is 18.3 Å². The molecule has 0 aliphatic carbocycles. The number of benzene rings is 1. The van der Waals surface area contributed by atoms with Gasteiger partial charge in [0.05, 0.1) is 11.3 Å². The molecule has 21 heavy (non-hydrogen) atoms. The van der Waals surface area contributed by atoms with Crippen molar-refractivity contribution in [1.82, 2.24) is 4.31 Å². The van der Waals surface area contributed by atoms with E-state index in [1.807, 2.05) is 13.0 Å². The minimum Gasteiger partial charge on any atom is -0.481 e. The maximum absolute atomic E-state index is 12.9. The third-order valence-electron chi connectivity index (χ3n) is 3.18. The maximum atomic E-state index is 12.9. The van der Waals surface area contributed by atoms with Crippen molar-refractivity contribution in [2.45, 2.75) is 51.5 Å². The van der Waals surface area contributed by atoms with Crippen LogP contribution in [0.1, 0.15) is 38.3 Å². The van der Waals surface area contributed by atoms with Crippen molar-refractivity contribution in [2.75, 3.05) is 6.54 Å². The van der Waals surface area contributed by atoms with Crippen LogP contribution in [-0.2, 0) is 14.8 Å². The normalized spacial score (nSPS) is 12.7. The molecule has 0 unspecified atom stereocenters. The zero-order chi connectivity index (χ0) is 16.4. The van der Waals surface area contributed by atoms with Gasteiger partial charge < -0.3 is 5.11 Å². The first-order valence-corrected chi connectivity index (χ1v) is 8.22. The van der Waals surface area contributed by atoms with E-state index < -0.39 is 21.5 Å². The predicted molar refractivity (Wildman–Crippen MR) is 81.8 cm³/mol. The molecule has 6 heteroatoms. The molecule has 0 aromatic heterocycles. The summed E-state index contributed by atoms with van der Waals surface area (Å²) in [5.41, 5.74) is 0.963. The standard InChI is InChI=1S/C15H23NO4S/c1-11-6-7-13(12(2)10-11)21(19,20)16(15(3,4)5)9-8-14(17)18/h6-7,10H,8-9H2,1-5H3,(H,17,18). The van der Waals surface area contributed by atoms with Gasteiger partial charge in [-0.1, -0.05) is 17.7 Å². The van der Waals surface area contributed by atoms with Crippen LogP contribution in [0.15, 0.2) is 23.1 Å². The molecule has 0 saturated carbocycles. The Bertz CT molecular complexity index is 630. The Morgan fingerprint density at radius 3 is 2.24 bits per heavy atom. The number of nitrogens with zero attached hydrogens (tertiary/aromatic N) is 1. The number of aliphatic carboxylic acids is 1. The number of carbonyl (C=O) groups is 1. The number of hydrogen-bond donors (Lipinski definition) is 1. The molecular weight excluding hydrogens is 290 g/mol. The van der Waals surface area contributed by atoms with E-state index in [-0.39, 0.29) is 17.9 Å². The molecule has 1 rings (SSSR count). The van der Waals surface area contributed by atoms with Crippen LogP contribution in [0.4, 0.5) is 0 Å². The van der Waals surface area contributed by atoms with Crippen LogP contribution in [0.3, 0.4) is 0 Å². The molecular formula is C15H23NO4S. The zero-order valence-corrected chi connectivity index (χ0v) is 14.0. The zero-order valence-electron chi connectivity index (χ0n) is 13.2. The molecule has 0 amide bonds. The third kappa shape index (κ3) is 4.28. The molecule has 0 atom stereocenters. The molecule has 1 aromatic carbocycles. The summed E-state index contributed by atoms with van der Waals surface area (Å²) in [4.78, 5) is 11.0. The van der Waals surface area contributed by atoms with Crippen LogP contribution >= 0.6 is 0 Å². The predicted octanol–water partition coefficient (Wildman–Crippen LogP) is 2.57. The van der Waals surface area contributed by atoms with Crippen molar-refractivity contribution in [3.63, 3.8) is 0 Å². The second-order valence-corrected chi connectivity index (χ2v) is 7.99. The summed E-state index contributed by atoms with van der Waals surface area (Å²) in [5.74, 6) is -1.01. The molecule has 0 aliphatic heterocycles. The number of carboxylic acid groups (broad SMARTS) is 1. The van der Waals surface area contributed by atoms with Crippen LogP contribution in [0.25, 0.3) is 0 Å². The van der Waals surface area contributed by atoms with Gasteiger partial charge in [0.15, 0.2) is 0 Å². The van der Waals surface area contributed by atoms with Gasteiger partial charge in [-0.05, 0) is 46.2 Å². The minimum absolute atomic E-state index is 0.0471. The van der Waals surface area contributed by atoms with Crippen LogP contribution < -0.4 is 0 Å². The second-order valence-electron chi connectivity index (χ2n) is 6.16. The van der Waals surface area contributed by atoms with Gasteiger partial charge in [0.1, 0.15) is 0 Å². The lowest BCUT2D eigenvalue weighted by Crippen LogP contribution is -2.46. The van der Waals surface area contributed by atoms with Gasteiger partial charge in [-0.2, -0.15) is 4.31 Å². The molecule has 0 spiro atoms. The van der Waals surface area contributed by atoms with Gasteiger partial charge in [-0.25, -0.2) is 8.42 Å². The number of carboxylic acids is 1. The number of aryl methyl sites for hydroxylation is 2. The Labute approximate surface area is 126 Å². The number of rotatable bonds is 5. The van der Waals surface area contributed by atoms with Crippen LogP contribution in [0, 0.1) is 13.8 Å². The largest absolute Gasteiger partial charge is 0.481 e. The van der Waals surface area contributed by atoms with E-state index in [0.717, 1.165) is 5.56 Å². The highest BCUT2D eigenvalue weighted by molar-refractivity contribution is 7.89. The molecule has 0 heterocycles. The molecule has 0 aliphatic rings. The SMILES string of the molecule is Cc1ccc(S(=O)(=O)N(CCC(=O)O)C(C)(C)C)c(C)c1. The second kappa shape index (κ2) is 6.15. The highest BCUT2D eigenvalue weighted by Gasteiger charge is 2.34. The lowest BCUT2D eigenvalue weighted by atomic mass is 10.1. The van der Waals surface area contributed by atoms with Gasteiger partial charge in [0.25, 0.3) is 0 Å². The number of hydrogen-bond acceptors (Lipinski definition) is 3.